The number of hydrogen-bond acceptors (Lipinski definition) is 3. The first-order chi connectivity index (χ1) is 9.57. The minimum atomic E-state index is -0.654. The van der Waals surface area contributed by atoms with Crippen molar-refractivity contribution < 1.29 is 14.7 Å². The van der Waals surface area contributed by atoms with E-state index in [4.69, 9.17) is 5.11 Å². The minimum Gasteiger partial charge on any atom is -0.394 e. The molecule has 1 heterocycles. The van der Waals surface area contributed by atoms with Crippen LogP contribution in [0.2, 0.25) is 0 Å². The molecule has 3 rings (SSSR count). The van der Waals surface area contributed by atoms with Crippen molar-refractivity contribution in [2.75, 3.05) is 18.1 Å². The molecule has 1 spiro atoms. The summed E-state index contributed by atoms with van der Waals surface area (Å²) in [7, 11) is 0. The van der Waals surface area contributed by atoms with Crippen LogP contribution in [-0.4, -0.2) is 36.1 Å². The number of carbonyl (C=O) groups excluding carboxylic acids is 2. The summed E-state index contributed by atoms with van der Waals surface area (Å²) in [4.78, 5) is 25.8. The lowest BCUT2D eigenvalue weighted by Crippen LogP contribution is -2.47. The third-order valence-electron chi connectivity index (χ3n) is 4.17. The van der Waals surface area contributed by atoms with E-state index in [-0.39, 0.29) is 12.0 Å². The van der Waals surface area contributed by atoms with Crippen LogP contribution < -0.4 is 10.2 Å². The maximum absolute atomic E-state index is 12.3. The van der Waals surface area contributed by atoms with Crippen LogP contribution in [0.15, 0.2) is 24.3 Å². The Morgan fingerprint density at radius 2 is 2.10 bits per heavy atom. The Kier molecular flexibility index (Phi) is 3.01. The highest BCUT2D eigenvalue weighted by molar-refractivity contribution is 6.40. The van der Waals surface area contributed by atoms with E-state index in [9.17, 15) is 9.59 Å². The summed E-state index contributed by atoms with van der Waals surface area (Å²) in [5, 5.41) is 11.4. The van der Waals surface area contributed by atoms with E-state index in [1.54, 1.807) is 11.8 Å². The fourth-order valence-electron chi connectivity index (χ4n) is 2.84. The molecule has 1 saturated carbocycles. The lowest BCUT2D eigenvalue weighted by atomic mass is 9.99. The Hall–Kier alpha value is -1.88. The number of fused-ring (bicyclic) bond motifs is 2. The van der Waals surface area contributed by atoms with Crippen LogP contribution in [0.4, 0.5) is 5.69 Å². The van der Waals surface area contributed by atoms with Gasteiger partial charge in [0.15, 0.2) is 0 Å². The molecule has 0 aromatic heterocycles. The number of carbonyl (C=O) groups is 2. The molecule has 2 N–H and O–H groups in total. The summed E-state index contributed by atoms with van der Waals surface area (Å²) >= 11 is 0. The van der Waals surface area contributed by atoms with Gasteiger partial charge in [-0.3, -0.25) is 9.59 Å². The highest BCUT2D eigenvalue weighted by Crippen LogP contribution is 2.56. The Morgan fingerprint density at radius 1 is 1.40 bits per heavy atom. The third-order valence-corrected chi connectivity index (χ3v) is 4.17. The van der Waals surface area contributed by atoms with E-state index in [0.717, 1.165) is 18.5 Å². The number of nitrogens with zero attached hydrogens (tertiary/aromatic N) is 1. The second-order valence-electron chi connectivity index (χ2n) is 5.75. The van der Waals surface area contributed by atoms with E-state index < -0.39 is 17.9 Å². The highest BCUT2D eigenvalue weighted by Gasteiger charge is 2.53. The number of rotatable bonds is 2. The quantitative estimate of drug-likeness (QED) is 0.774. The Morgan fingerprint density at radius 3 is 2.75 bits per heavy atom. The zero-order valence-corrected chi connectivity index (χ0v) is 11.4. The number of hydrogen-bond donors (Lipinski definition) is 2. The first-order valence-corrected chi connectivity index (χ1v) is 6.90. The van der Waals surface area contributed by atoms with E-state index in [2.05, 4.69) is 5.32 Å². The number of para-hydroxylation sites is 1. The molecular weight excluding hydrogens is 256 g/mol. The SMILES string of the molecule is CC(CO)NC(=O)C(=O)N1CC2(CC2)c2ccccc21. The largest absolute Gasteiger partial charge is 0.394 e. The van der Waals surface area contributed by atoms with Gasteiger partial charge in [-0.05, 0) is 31.4 Å². The summed E-state index contributed by atoms with van der Waals surface area (Å²) < 4.78 is 0. The number of benzene rings is 1. The molecule has 20 heavy (non-hydrogen) atoms. The van der Waals surface area contributed by atoms with Crippen molar-refractivity contribution in [3.63, 3.8) is 0 Å². The standard InChI is InChI=1S/C15H18N2O3/c1-10(8-18)16-13(19)14(20)17-9-15(6-7-15)11-4-2-3-5-12(11)17/h2-5,10,18H,6-9H2,1H3,(H,16,19). The van der Waals surface area contributed by atoms with Gasteiger partial charge in [-0.25, -0.2) is 0 Å². The number of aliphatic hydroxyl groups excluding tert-OH is 1. The molecule has 1 aromatic rings. The van der Waals surface area contributed by atoms with Crippen molar-refractivity contribution in [3.05, 3.63) is 29.8 Å². The second kappa shape index (κ2) is 4.59. The van der Waals surface area contributed by atoms with Crippen molar-refractivity contribution >= 4 is 17.5 Å². The Labute approximate surface area is 117 Å². The minimum absolute atomic E-state index is 0.0785. The predicted molar refractivity (Wildman–Crippen MR) is 74.4 cm³/mol. The van der Waals surface area contributed by atoms with Gasteiger partial charge in [-0.2, -0.15) is 0 Å². The van der Waals surface area contributed by atoms with Crippen molar-refractivity contribution in [2.24, 2.45) is 0 Å². The van der Waals surface area contributed by atoms with Crippen LogP contribution in [0.1, 0.15) is 25.3 Å². The lowest BCUT2D eigenvalue weighted by Gasteiger charge is -2.18. The molecule has 0 bridgehead atoms. The number of anilines is 1. The molecule has 1 aliphatic carbocycles. The lowest BCUT2D eigenvalue weighted by molar-refractivity contribution is -0.138. The number of nitrogens with one attached hydrogen (secondary N) is 1. The Bertz CT molecular complexity index is 566. The van der Waals surface area contributed by atoms with E-state index in [1.807, 2.05) is 24.3 Å². The highest BCUT2D eigenvalue weighted by atomic mass is 16.3. The molecule has 106 valence electrons. The van der Waals surface area contributed by atoms with Crippen LogP contribution in [0.3, 0.4) is 0 Å². The van der Waals surface area contributed by atoms with Crippen LogP contribution in [-0.2, 0) is 15.0 Å². The maximum atomic E-state index is 12.3. The number of aliphatic hydroxyl groups is 1. The molecule has 1 unspecified atom stereocenters. The first-order valence-electron chi connectivity index (χ1n) is 6.90. The molecule has 5 nitrogen and oxygen atoms in total. The van der Waals surface area contributed by atoms with Gasteiger partial charge in [-0.15, -0.1) is 0 Å². The average Bonchev–Trinajstić information content (AvgIpc) is 3.16. The summed E-state index contributed by atoms with van der Waals surface area (Å²) in [6.45, 7) is 2.07. The van der Waals surface area contributed by atoms with Gasteiger partial charge < -0.3 is 15.3 Å². The van der Waals surface area contributed by atoms with Crippen molar-refractivity contribution in [1.82, 2.24) is 5.32 Å². The van der Waals surface area contributed by atoms with Gasteiger partial charge in [0.25, 0.3) is 0 Å². The summed E-state index contributed by atoms with van der Waals surface area (Å²) in [6, 6.07) is 7.38. The fourth-order valence-corrected chi connectivity index (χ4v) is 2.84. The van der Waals surface area contributed by atoms with Gasteiger partial charge in [0.05, 0.1) is 6.61 Å². The van der Waals surface area contributed by atoms with E-state index >= 15 is 0 Å². The summed E-state index contributed by atoms with van der Waals surface area (Å²) in [6.07, 6.45) is 2.14. The summed E-state index contributed by atoms with van der Waals surface area (Å²) in [5.41, 5.74) is 2.10. The smallest absolute Gasteiger partial charge is 0.316 e. The summed E-state index contributed by atoms with van der Waals surface area (Å²) in [5.74, 6) is -1.19. The van der Waals surface area contributed by atoms with Crippen LogP contribution in [0, 0.1) is 0 Å². The molecule has 1 aromatic carbocycles. The molecule has 2 aliphatic rings. The molecule has 5 heteroatoms. The zero-order chi connectivity index (χ0) is 14.3. The zero-order valence-electron chi connectivity index (χ0n) is 11.4. The Balaban J connectivity index is 1.82. The number of amides is 2. The second-order valence-corrected chi connectivity index (χ2v) is 5.75. The van der Waals surface area contributed by atoms with Crippen LogP contribution >= 0.6 is 0 Å². The normalized spacial score (nSPS) is 19.6. The van der Waals surface area contributed by atoms with Crippen LogP contribution in [0.25, 0.3) is 0 Å². The fraction of sp³-hybridized carbons (Fsp3) is 0.467. The maximum Gasteiger partial charge on any atom is 0.316 e. The molecular formula is C15H18N2O3. The van der Waals surface area contributed by atoms with Crippen molar-refractivity contribution in [1.29, 1.82) is 0 Å². The monoisotopic (exact) mass is 274 g/mol. The van der Waals surface area contributed by atoms with Gasteiger partial charge in [-0.1, -0.05) is 18.2 Å². The molecule has 2 amide bonds. The van der Waals surface area contributed by atoms with Gasteiger partial charge in [0, 0.05) is 23.7 Å². The van der Waals surface area contributed by atoms with Crippen LogP contribution in [0.5, 0.6) is 0 Å². The topological polar surface area (TPSA) is 69.6 Å². The third kappa shape index (κ3) is 1.98. The predicted octanol–water partition coefficient (Wildman–Crippen LogP) is 0.562. The molecule has 1 fully saturated rings. The van der Waals surface area contributed by atoms with E-state index in [0.29, 0.717) is 6.54 Å². The van der Waals surface area contributed by atoms with E-state index in [1.165, 1.54) is 5.56 Å². The van der Waals surface area contributed by atoms with Gasteiger partial charge >= 0.3 is 11.8 Å². The van der Waals surface area contributed by atoms with Crippen molar-refractivity contribution in [3.8, 4) is 0 Å². The molecule has 0 radical (unpaired) electrons. The molecule has 0 saturated heterocycles. The van der Waals surface area contributed by atoms with Crippen molar-refractivity contribution in [2.45, 2.75) is 31.2 Å². The average molecular weight is 274 g/mol. The first kappa shape index (κ1) is 13.1. The van der Waals surface area contributed by atoms with Gasteiger partial charge in [0.2, 0.25) is 0 Å². The molecule has 1 atom stereocenters. The van der Waals surface area contributed by atoms with Gasteiger partial charge in [0.1, 0.15) is 0 Å². The molecule has 1 aliphatic heterocycles.